The summed E-state index contributed by atoms with van der Waals surface area (Å²) in [6.07, 6.45) is 0.253. The predicted octanol–water partition coefficient (Wildman–Crippen LogP) is 4.42. The van der Waals surface area contributed by atoms with Crippen LogP contribution in [0.15, 0.2) is 42.5 Å². The van der Waals surface area contributed by atoms with E-state index in [-0.39, 0.29) is 24.2 Å². The highest BCUT2D eigenvalue weighted by Crippen LogP contribution is 2.28. The number of carbonyl (C=O) groups excluding carboxylic acids is 2. The van der Waals surface area contributed by atoms with E-state index < -0.39 is 0 Å². The first kappa shape index (κ1) is 18.2. The molecule has 1 heterocycles. The van der Waals surface area contributed by atoms with Crippen LogP contribution >= 0.6 is 0 Å². The Morgan fingerprint density at radius 2 is 1.69 bits per heavy atom. The quantitative estimate of drug-likeness (QED) is 0.887. The smallest absolute Gasteiger partial charge is 0.229 e. The molecule has 3 rings (SSSR count). The van der Waals surface area contributed by atoms with Gasteiger partial charge in [0.1, 0.15) is 0 Å². The minimum absolute atomic E-state index is 0.00366. The summed E-state index contributed by atoms with van der Waals surface area (Å²) in [5.41, 5.74) is 5.02. The molecule has 1 N–H and O–H groups in total. The van der Waals surface area contributed by atoms with Gasteiger partial charge in [-0.15, -0.1) is 0 Å². The third kappa shape index (κ3) is 3.64. The van der Waals surface area contributed by atoms with Crippen molar-refractivity contribution in [1.82, 2.24) is 0 Å². The van der Waals surface area contributed by atoms with Crippen LogP contribution in [0.2, 0.25) is 0 Å². The number of carbonyl (C=O) groups is 2. The monoisotopic (exact) mass is 350 g/mol. The lowest BCUT2D eigenvalue weighted by Crippen LogP contribution is -2.28. The molecule has 4 heteroatoms. The van der Waals surface area contributed by atoms with E-state index in [0.717, 1.165) is 22.5 Å². The second-order valence-electron chi connectivity index (χ2n) is 7.41. The van der Waals surface area contributed by atoms with Crippen LogP contribution in [0, 0.1) is 19.8 Å². The van der Waals surface area contributed by atoms with Gasteiger partial charge in [-0.1, -0.05) is 44.2 Å². The summed E-state index contributed by atoms with van der Waals surface area (Å²) in [6.45, 7) is 8.67. The zero-order valence-electron chi connectivity index (χ0n) is 15.9. The average Bonchev–Trinajstić information content (AvgIpc) is 3.00. The number of hydrogen-bond acceptors (Lipinski definition) is 2. The van der Waals surface area contributed by atoms with Crippen molar-refractivity contribution < 1.29 is 9.59 Å². The number of amides is 2. The van der Waals surface area contributed by atoms with Gasteiger partial charge in [0.25, 0.3) is 0 Å². The van der Waals surface area contributed by atoms with Crippen LogP contribution in [-0.4, -0.2) is 18.4 Å². The van der Waals surface area contributed by atoms with Crippen LogP contribution in [0.5, 0.6) is 0 Å². The van der Waals surface area contributed by atoms with Crippen molar-refractivity contribution >= 4 is 23.2 Å². The number of rotatable bonds is 4. The fraction of sp³-hybridized carbons (Fsp3) is 0.364. The molecule has 2 aromatic carbocycles. The number of para-hydroxylation sites is 1. The van der Waals surface area contributed by atoms with Gasteiger partial charge in [-0.05, 0) is 48.6 Å². The molecule has 1 fully saturated rings. The fourth-order valence-corrected chi connectivity index (χ4v) is 3.41. The predicted molar refractivity (Wildman–Crippen MR) is 106 cm³/mol. The topological polar surface area (TPSA) is 49.4 Å². The van der Waals surface area contributed by atoms with Crippen LogP contribution in [0.4, 0.5) is 11.4 Å². The van der Waals surface area contributed by atoms with Gasteiger partial charge in [-0.2, -0.15) is 0 Å². The van der Waals surface area contributed by atoms with Crippen molar-refractivity contribution in [3.8, 4) is 0 Å². The van der Waals surface area contributed by atoms with Gasteiger partial charge in [-0.25, -0.2) is 0 Å². The van der Waals surface area contributed by atoms with Crippen LogP contribution < -0.4 is 10.2 Å². The molecular weight excluding hydrogens is 324 g/mol. The summed E-state index contributed by atoms with van der Waals surface area (Å²) in [5, 5.41) is 3.02. The molecule has 136 valence electrons. The first-order valence-electron chi connectivity index (χ1n) is 9.14. The molecule has 0 bridgehead atoms. The molecule has 4 nitrogen and oxygen atoms in total. The van der Waals surface area contributed by atoms with E-state index in [0.29, 0.717) is 12.5 Å². The van der Waals surface area contributed by atoms with Crippen LogP contribution in [0.1, 0.15) is 42.9 Å². The van der Waals surface area contributed by atoms with Gasteiger partial charge in [0.2, 0.25) is 11.8 Å². The molecule has 2 amide bonds. The van der Waals surface area contributed by atoms with Gasteiger partial charge in [0, 0.05) is 24.3 Å². The van der Waals surface area contributed by atoms with Gasteiger partial charge >= 0.3 is 0 Å². The molecule has 2 aromatic rings. The molecule has 1 atom stereocenters. The minimum Gasteiger partial charge on any atom is -0.325 e. The molecule has 0 aliphatic carbocycles. The first-order valence-corrected chi connectivity index (χ1v) is 9.14. The Morgan fingerprint density at radius 3 is 2.27 bits per heavy atom. The SMILES string of the molecule is Cc1cccc(C)c1NC(=O)C1CC(=O)N(c2ccc(C(C)C)cc2)C1. The Kier molecular flexibility index (Phi) is 5.12. The molecule has 0 aromatic heterocycles. The second-order valence-corrected chi connectivity index (χ2v) is 7.41. The summed E-state index contributed by atoms with van der Waals surface area (Å²) in [4.78, 5) is 26.9. The van der Waals surface area contributed by atoms with E-state index in [1.165, 1.54) is 5.56 Å². The van der Waals surface area contributed by atoms with Crippen LogP contribution in [0.25, 0.3) is 0 Å². The van der Waals surface area contributed by atoms with E-state index in [1.807, 2.05) is 44.2 Å². The van der Waals surface area contributed by atoms with Crippen molar-refractivity contribution in [3.63, 3.8) is 0 Å². The maximum absolute atomic E-state index is 12.7. The molecule has 1 unspecified atom stereocenters. The third-order valence-corrected chi connectivity index (χ3v) is 5.10. The Hall–Kier alpha value is -2.62. The molecular formula is C22H26N2O2. The molecule has 1 aliphatic rings. The lowest BCUT2D eigenvalue weighted by molar-refractivity contribution is -0.122. The maximum atomic E-state index is 12.7. The van der Waals surface area contributed by atoms with E-state index in [1.54, 1.807) is 4.90 Å². The van der Waals surface area contributed by atoms with Crippen molar-refractivity contribution in [1.29, 1.82) is 0 Å². The molecule has 1 saturated heterocycles. The zero-order chi connectivity index (χ0) is 18.8. The van der Waals surface area contributed by atoms with E-state index in [2.05, 4.69) is 31.3 Å². The lowest BCUT2D eigenvalue weighted by atomic mass is 10.0. The number of nitrogens with zero attached hydrogens (tertiary/aromatic N) is 1. The third-order valence-electron chi connectivity index (χ3n) is 5.10. The molecule has 0 radical (unpaired) electrons. The van der Waals surface area contributed by atoms with E-state index >= 15 is 0 Å². The number of anilines is 2. The summed E-state index contributed by atoms with van der Waals surface area (Å²) in [7, 11) is 0. The Balaban J connectivity index is 1.72. The fourth-order valence-electron chi connectivity index (χ4n) is 3.41. The highest BCUT2D eigenvalue weighted by Gasteiger charge is 2.35. The van der Waals surface area contributed by atoms with Gasteiger partial charge in [-0.3, -0.25) is 9.59 Å². The van der Waals surface area contributed by atoms with Crippen molar-refractivity contribution in [2.75, 3.05) is 16.8 Å². The molecule has 0 saturated carbocycles. The lowest BCUT2D eigenvalue weighted by Gasteiger charge is -2.18. The molecule has 0 spiro atoms. The maximum Gasteiger partial charge on any atom is 0.229 e. The van der Waals surface area contributed by atoms with Crippen molar-refractivity contribution in [2.45, 2.75) is 40.0 Å². The first-order chi connectivity index (χ1) is 12.4. The Labute approximate surface area is 155 Å². The minimum atomic E-state index is -0.328. The number of nitrogens with one attached hydrogen (secondary N) is 1. The standard InChI is InChI=1S/C22H26N2O2/c1-14(2)17-8-10-19(11-9-17)24-13-18(12-20(24)25)22(26)23-21-15(3)6-5-7-16(21)4/h5-11,14,18H,12-13H2,1-4H3,(H,23,26). The van der Waals surface area contributed by atoms with Gasteiger partial charge in [0.15, 0.2) is 0 Å². The Bertz CT molecular complexity index is 804. The van der Waals surface area contributed by atoms with Crippen molar-refractivity contribution in [2.24, 2.45) is 5.92 Å². The largest absolute Gasteiger partial charge is 0.325 e. The summed E-state index contributed by atoms with van der Waals surface area (Å²) in [6, 6.07) is 14.0. The van der Waals surface area contributed by atoms with Gasteiger partial charge < -0.3 is 10.2 Å². The zero-order valence-corrected chi connectivity index (χ0v) is 15.9. The van der Waals surface area contributed by atoms with Crippen molar-refractivity contribution in [3.05, 3.63) is 59.2 Å². The highest BCUT2D eigenvalue weighted by molar-refractivity contribution is 6.03. The number of benzene rings is 2. The average molecular weight is 350 g/mol. The van der Waals surface area contributed by atoms with Crippen LogP contribution in [0.3, 0.4) is 0 Å². The highest BCUT2D eigenvalue weighted by atomic mass is 16.2. The van der Waals surface area contributed by atoms with E-state index in [9.17, 15) is 9.59 Å². The number of hydrogen-bond donors (Lipinski definition) is 1. The second kappa shape index (κ2) is 7.32. The molecule has 26 heavy (non-hydrogen) atoms. The van der Waals surface area contributed by atoms with Gasteiger partial charge in [0.05, 0.1) is 5.92 Å². The molecule has 1 aliphatic heterocycles. The number of aryl methyl sites for hydroxylation is 2. The summed E-state index contributed by atoms with van der Waals surface area (Å²) in [5.74, 6) is 0.0430. The normalized spacial score (nSPS) is 17.0. The van der Waals surface area contributed by atoms with E-state index in [4.69, 9.17) is 0 Å². The Morgan fingerprint density at radius 1 is 1.08 bits per heavy atom. The summed E-state index contributed by atoms with van der Waals surface area (Å²) >= 11 is 0. The summed E-state index contributed by atoms with van der Waals surface area (Å²) < 4.78 is 0. The van der Waals surface area contributed by atoms with Crippen LogP contribution in [-0.2, 0) is 9.59 Å².